The van der Waals surface area contributed by atoms with E-state index in [0.717, 1.165) is 30.8 Å². The van der Waals surface area contributed by atoms with Crippen molar-refractivity contribution < 1.29 is 0 Å². The van der Waals surface area contributed by atoms with Gasteiger partial charge >= 0.3 is 0 Å². The molecule has 0 aliphatic rings. The van der Waals surface area contributed by atoms with Crippen molar-refractivity contribution in [3.8, 4) is 6.07 Å². The van der Waals surface area contributed by atoms with Crippen molar-refractivity contribution in [2.24, 2.45) is 0 Å². The summed E-state index contributed by atoms with van der Waals surface area (Å²) in [4.78, 5) is 4.00. The Morgan fingerprint density at radius 2 is 2.33 bits per heavy atom. The van der Waals surface area contributed by atoms with E-state index in [9.17, 15) is 0 Å². The average molecular weight is 240 g/mol. The molecular formula is C14H16N4. The summed E-state index contributed by atoms with van der Waals surface area (Å²) in [7, 11) is 0. The number of para-hydroxylation sites is 1. The standard InChI is InChI=1S/C14H16N4/c1-12-4-2-5-13(10-15)14(12)17-6-3-8-18-9-7-16-11-18/h2,4-5,7,9,11,17H,3,6,8H2,1H3. The van der Waals surface area contributed by atoms with Crippen LogP contribution in [0.2, 0.25) is 0 Å². The van der Waals surface area contributed by atoms with E-state index in [2.05, 4.69) is 16.4 Å². The van der Waals surface area contributed by atoms with Crippen molar-refractivity contribution in [3.05, 3.63) is 48.0 Å². The average Bonchev–Trinajstić information content (AvgIpc) is 2.89. The van der Waals surface area contributed by atoms with Crippen LogP contribution in [0, 0.1) is 18.3 Å². The summed E-state index contributed by atoms with van der Waals surface area (Å²) in [5.41, 5.74) is 2.76. The third-order valence-electron chi connectivity index (χ3n) is 2.85. The quantitative estimate of drug-likeness (QED) is 0.817. The van der Waals surface area contributed by atoms with Crippen molar-refractivity contribution in [2.45, 2.75) is 19.9 Å². The second-order valence-corrected chi connectivity index (χ2v) is 4.19. The van der Waals surface area contributed by atoms with Crippen LogP contribution in [-0.2, 0) is 6.54 Å². The Hall–Kier alpha value is -2.28. The van der Waals surface area contributed by atoms with Gasteiger partial charge in [0, 0.05) is 25.5 Å². The summed E-state index contributed by atoms with van der Waals surface area (Å²) >= 11 is 0. The Labute approximate surface area is 107 Å². The zero-order valence-electron chi connectivity index (χ0n) is 10.4. The largest absolute Gasteiger partial charge is 0.384 e. The molecule has 1 aromatic heterocycles. The number of anilines is 1. The molecule has 0 atom stereocenters. The fourth-order valence-electron chi connectivity index (χ4n) is 1.89. The Morgan fingerprint density at radius 3 is 3.06 bits per heavy atom. The third kappa shape index (κ3) is 2.89. The van der Waals surface area contributed by atoms with Crippen LogP contribution in [0.25, 0.3) is 0 Å². The van der Waals surface area contributed by atoms with Crippen molar-refractivity contribution in [1.82, 2.24) is 9.55 Å². The molecule has 0 radical (unpaired) electrons. The van der Waals surface area contributed by atoms with Gasteiger partial charge in [0.15, 0.2) is 0 Å². The zero-order chi connectivity index (χ0) is 12.8. The number of nitrogens with one attached hydrogen (secondary N) is 1. The van der Waals surface area contributed by atoms with E-state index in [1.165, 1.54) is 0 Å². The lowest BCUT2D eigenvalue weighted by Gasteiger charge is -2.11. The highest BCUT2D eigenvalue weighted by Gasteiger charge is 2.03. The van der Waals surface area contributed by atoms with Crippen LogP contribution in [0.15, 0.2) is 36.9 Å². The summed E-state index contributed by atoms with van der Waals surface area (Å²) in [6.45, 7) is 3.79. The minimum absolute atomic E-state index is 0.706. The molecule has 1 heterocycles. The summed E-state index contributed by atoms with van der Waals surface area (Å²) in [6.07, 6.45) is 6.54. The molecule has 0 fully saturated rings. The van der Waals surface area contributed by atoms with E-state index in [1.54, 1.807) is 6.20 Å². The first-order valence-corrected chi connectivity index (χ1v) is 6.00. The first-order valence-electron chi connectivity index (χ1n) is 6.00. The zero-order valence-corrected chi connectivity index (χ0v) is 10.4. The molecular weight excluding hydrogens is 224 g/mol. The molecule has 0 saturated carbocycles. The van der Waals surface area contributed by atoms with Crippen LogP contribution >= 0.6 is 0 Å². The van der Waals surface area contributed by atoms with Crippen LogP contribution in [-0.4, -0.2) is 16.1 Å². The van der Waals surface area contributed by atoms with Crippen LogP contribution in [0.1, 0.15) is 17.5 Å². The molecule has 92 valence electrons. The maximum Gasteiger partial charge on any atom is 0.101 e. The van der Waals surface area contributed by atoms with Crippen LogP contribution in [0.5, 0.6) is 0 Å². The molecule has 0 saturated heterocycles. The van der Waals surface area contributed by atoms with Gasteiger partial charge in [0.25, 0.3) is 0 Å². The van der Waals surface area contributed by atoms with E-state index in [1.807, 2.05) is 42.2 Å². The molecule has 0 aliphatic carbocycles. The number of aryl methyl sites for hydroxylation is 2. The normalized spacial score (nSPS) is 10.0. The molecule has 0 spiro atoms. The Balaban J connectivity index is 1.89. The molecule has 0 unspecified atom stereocenters. The van der Waals surface area contributed by atoms with Crippen molar-refractivity contribution in [3.63, 3.8) is 0 Å². The fraction of sp³-hybridized carbons (Fsp3) is 0.286. The predicted molar refractivity (Wildman–Crippen MR) is 71.2 cm³/mol. The van der Waals surface area contributed by atoms with E-state index in [4.69, 9.17) is 5.26 Å². The molecule has 18 heavy (non-hydrogen) atoms. The highest BCUT2D eigenvalue weighted by atomic mass is 15.0. The minimum atomic E-state index is 0.706. The molecule has 4 nitrogen and oxygen atoms in total. The highest BCUT2D eigenvalue weighted by molar-refractivity contribution is 5.62. The van der Waals surface area contributed by atoms with Gasteiger partial charge in [-0.1, -0.05) is 12.1 Å². The summed E-state index contributed by atoms with van der Waals surface area (Å²) < 4.78 is 2.05. The van der Waals surface area contributed by atoms with Crippen LogP contribution in [0.3, 0.4) is 0 Å². The van der Waals surface area contributed by atoms with E-state index in [0.29, 0.717) is 5.56 Å². The number of benzene rings is 1. The van der Waals surface area contributed by atoms with Crippen molar-refractivity contribution in [2.75, 3.05) is 11.9 Å². The Kier molecular flexibility index (Phi) is 3.98. The number of imidazole rings is 1. The number of hydrogen-bond donors (Lipinski definition) is 1. The lowest BCUT2D eigenvalue weighted by atomic mass is 10.1. The molecule has 4 heteroatoms. The molecule has 0 amide bonds. The van der Waals surface area contributed by atoms with Crippen LogP contribution < -0.4 is 5.32 Å². The molecule has 0 aliphatic heterocycles. The van der Waals surface area contributed by atoms with Gasteiger partial charge in [0.1, 0.15) is 6.07 Å². The number of aromatic nitrogens is 2. The van der Waals surface area contributed by atoms with E-state index in [-0.39, 0.29) is 0 Å². The summed E-state index contributed by atoms with van der Waals surface area (Å²) in [5, 5.41) is 12.4. The minimum Gasteiger partial charge on any atom is -0.384 e. The van der Waals surface area contributed by atoms with Gasteiger partial charge in [0.2, 0.25) is 0 Å². The van der Waals surface area contributed by atoms with Gasteiger partial charge in [-0.3, -0.25) is 0 Å². The SMILES string of the molecule is Cc1cccc(C#N)c1NCCCn1ccnc1. The first kappa shape index (κ1) is 12.2. The maximum absolute atomic E-state index is 9.05. The van der Waals surface area contributed by atoms with Gasteiger partial charge in [-0.2, -0.15) is 5.26 Å². The molecule has 0 bridgehead atoms. The van der Waals surface area contributed by atoms with Gasteiger partial charge in [-0.25, -0.2) is 4.98 Å². The first-order chi connectivity index (χ1) is 8.81. The molecule has 2 rings (SSSR count). The van der Waals surface area contributed by atoms with Gasteiger partial charge in [-0.05, 0) is 25.0 Å². The molecule has 1 aromatic carbocycles. The number of rotatable bonds is 5. The number of nitriles is 1. The third-order valence-corrected chi connectivity index (χ3v) is 2.85. The van der Waals surface area contributed by atoms with E-state index < -0.39 is 0 Å². The lowest BCUT2D eigenvalue weighted by Crippen LogP contribution is -2.08. The monoisotopic (exact) mass is 240 g/mol. The number of hydrogen-bond acceptors (Lipinski definition) is 3. The van der Waals surface area contributed by atoms with Crippen molar-refractivity contribution in [1.29, 1.82) is 5.26 Å². The van der Waals surface area contributed by atoms with Gasteiger partial charge in [0.05, 0.1) is 17.6 Å². The molecule has 1 N–H and O–H groups in total. The molecule has 2 aromatic rings. The summed E-state index contributed by atoms with van der Waals surface area (Å²) in [5.74, 6) is 0. The topological polar surface area (TPSA) is 53.6 Å². The predicted octanol–water partition coefficient (Wildman–Crippen LogP) is 2.57. The highest BCUT2D eigenvalue weighted by Crippen LogP contribution is 2.19. The second kappa shape index (κ2) is 5.87. The van der Waals surface area contributed by atoms with Crippen LogP contribution in [0.4, 0.5) is 5.69 Å². The second-order valence-electron chi connectivity index (χ2n) is 4.19. The maximum atomic E-state index is 9.05. The lowest BCUT2D eigenvalue weighted by molar-refractivity contribution is 0.660. The Morgan fingerprint density at radius 1 is 1.44 bits per heavy atom. The fourth-order valence-corrected chi connectivity index (χ4v) is 1.89. The van der Waals surface area contributed by atoms with E-state index >= 15 is 0 Å². The van der Waals surface area contributed by atoms with Crippen molar-refractivity contribution >= 4 is 5.69 Å². The van der Waals surface area contributed by atoms with Gasteiger partial charge in [-0.15, -0.1) is 0 Å². The summed E-state index contributed by atoms with van der Waals surface area (Å²) in [6, 6.07) is 7.97. The smallest absolute Gasteiger partial charge is 0.101 e. The van der Waals surface area contributed by atoms with Gasteiger partial charge < -0.3 is 9.88 Å². The Bertz CT molecular complexity index is 537. The number of nitrogens with zero attached hydrogens (tertiary/aromatic N) is 3.